The van der Waals surface area contributed by atoms with E-state index >= 15 is 0 Å². The Labute approximate surface area is 107 Å². The minimum atomic E-state index is 0.202. The van der Waals surface area contributed by atoms with Crippen LogP contribution in [0.5, 0.6) is 0 Å². The molecular formula is C15H18N2O. The molecule has 0 spiro atoms. The SMILES string of the molecule is CN(C1CNC1)C(c1ccccc1)c1ccco1. The van der Waals surface area contributed by atoms with Crippen LogP contribution >= 0.6 is 0 Å². The smallest absolute Gasteiger partial charge is 0.125 e. The van der Waals surface area contributed by atoms with Crippen LogP contribution in [0, 0.1) is 0 Å². The summed E-state index contributed by atoms with van der Waals surface area (Å²) in [6, 6.07) is 15.3. The van der Waals surface area contributed by atoms with Crippen molar-refractivity contribution in [2.45, 2.75) is 12.1 Å². The highest BCUT2D eigenvalue weighted by Crippen LogP contribution is 2.29. The standard InChI is InChI=1S/C15H18N2O/c1-17(13-10-16-11-13)15(14-8-5-9-18-14)12-6-3-2-4-7-12/h2-9,13,15-16H,10-11H2,1H3. The van der Waals surface area contributed by atoms with Crippen molar-refractivity contribution in [1.29, 1.82) is 0 Å². The van der Waals surface area contributed by atoms with Crippen molar-refractivity contribution >= 4 is 0 Å². The molecule has 0 amide bonds. The molecule has 0 bridgehead atoms. The number of nitrogens with zero attached hydrogens (tertiary/aromatic N) is 1. The van der Waals surface area contributed by atoms with Gasteiger partial charge in [0.05, 0.1) is 12.3 Å². The van der Waals surface area contributed by atoms with Gasteiger partial charge < -0.3 is 9.73 Å². The molecule has 1 atom stereocenters. The first kappa shape index (κ1) is 11.5. The van der Waals surface area contributed by atoms with Crippen LogP contribution in [0.4, 0.5) is 0 Å². The first-order chi connectivity index (χ1) is 8.86. The van der Waals surface area contributed by atoms with E-state index < -0.39 is 0 Å². The van der Waals surface area contributed by atoms with Gasteiger partial charge in [0, 0.05) is 19.1 Å². The van der Waals surface area contributed by atoms with Crippen LogP contribution in [-0.2, 0) is 0 Å². The van der Waals surface area contributed by atoms with Crippen molar-refractivity contribution in [2.75, 3.05) is 20.1 Å². The van der Waals surface area contributed by atoms with Gasteiger partial charge in [0.1, 0.15) is 5.76 Å². The molecule has 3 nitrogen and oxygen atoms in total. The number of likely N-dealkylation sites (N-methyl/N-ethyl adjacent to an activating group) is 1. The molecule has 0 saturated carbocycles. The molecule has 94 valence electrons. The summed E-state index contributed by atoms with van der Waals surface area (Å²) in [5, 5.41) is 3.32. The number of hydrogen-bond donors (Lipinski definition) is 1. The fraction of sp³-hybridized carbons (Fsp3) is 0.333. The highest BCUT2D eigenvalue weighted by Gasteiger charge is 2.30. The van der Waals surface area contributed by atoms with E-state index in [9.17, 15) is 0 Å². The van der Waals surface area contributed by atoms with E-state index in [1.165, 1.54) is 5.56 Å². The molecule has 2 heterocycles. The quantitative estimate of drug-likeness (QED) is 0.891. The van der Waals surface area contributed by atoms with E-state index in [0.717, 1.165) is 18.8 Å². The Morgan fingerprint density at radius 3 is 2.50 bits per heavy atom. The lowest BCUT2D eigenvalue weighted by Gasteiger charge is -2.40. The van der Waals surface area contributed by atoms with Crippen molar-refractivity contribution in [3.63, 3.8) is 0 Å². The van der Waals surface area contributed by atoms with Crippen LogP contribution in [-0.4, -0.2) is 31.1 Å². The largest absolute Gasteiger partial charge is 0.467 e. The van der Waals surface area contributed by atoms with Gasteiger partial charge in [0.2, 0.25) is 0 Å². The summed E-state index contributed by atoms with van der Waals surface area (Å²) in [4.78, 5) is 2.39. The zero-order chi connectivity index (χ0) is 12.4. The summed E-state index contributed by atoms with van der Waals surface area (Å²) in [7, 11) is 2.17. The van der Waals surface area contributed by atoms with E-state index in [-0.39, 0.29) is 6.04 Å². The zero-order valence-corrected chi connectivity index (χ0v) is 10.5. The second-order valence-electron chi connectivity index (χ2n) is 4.81. The Kier molecular flexibility index (Phi) is 3.17. The Balaban J connectivity index is 1.93. The van der Waals surface area contributed by atoms with Crippen molar-refractivity contribution in [3.05, 3.63) is 60.1 Å². The van der Waals surface area contributed by atoms with Gasteiger partial charge in [-0.15, -0.1) is 0 Å². The fourth-order valence-electron chi connectivity index (χ4n) is 2.45. The van der Waals surface area contributed by atoms with Crippen LogP contribution in [0.3, 0.4) is 0 Å². The first-order valence-corrected chi connectivity index (χ1v) is 6.37. The van der Waals surface area contributed by atoms with Crippen LogP contribution in [0.15, 0.2) is 53.1 Å². The predicted molar refractivity (Wildman–Crippen MR) is 71.4 cm³/mol. The van der Waals surface area contributed by atoms with E-state index in [0.29, 0.717) is 6.04 Å². The molecule has 3 rings (SSSR count). The summed E-state index contributed by atoms with van der Waals surface area (Å²) in [5.41, 5.74) is 1.28. The van der Waals surface area contributed by atoms with Crippen LogP contribution in [0.25, 0.3) is 0 Å². The van der Waals surface area contributed by atoms with Crippen LogP contribution in [0.2, 0.25) is 0 Å². The zero-order valence-electron chi connectivity index (χ0n) is 10.5. The Bertz CT molecular complexity index is 476. The fourth-order valence-corrected chi connectivity index (χ4v) is 2.45. The molecular weight excluding hydrogens is 224 g/mol. The number of nitrogens with one attached hydrogen (secondary N) is 1. The van der Waals surface area contributed by atoms with Gasteiger partial charge in [-0.2, -0.15) is 0 Å². The molecule has 1 unspecified atom stereocenters. The minimum Gasteiger partial charge on any atom is -0.467 e. The molecule has 3 heteroatoms. The second kappa shape index (κ2) is 4.96. The topological polar surface area (TPSA) is 28.4 Å². The lowest BCUT2D eigenvalue weighted by molar-refractivity contribution is 0.134. The molecule has 1 aliphatic heterocycles. The van der Waals surface area contributed by atoms with Crippen molar-refractivity contribution in [2.24, 2.45) is 0 Å². The van der Waals surface area contributed by atoms with Gasteiger partial charge in [-0.3, -0.25) is 4.90 Å². The van der Waals surface area contributed by atoms with Gasteiger partial charge in [0.15, 0.2) is 0 Å². The summed E-state index contributed by atoms with van der Waals surface area (Å²) in [6.07, 6.45) is 1.75. The molecule has 18 heavy (non-hydrogen) atoms. The second-order valence-corrected chi connectivity index (χ2v) is 4.81. The third-order valence-electron chi connectivity index (χ3n) is 3.67. The Morgan fingerprint density at radius 1 is 1.17 bits per heavy atom. The van der Waals surface area contributed by atoms with Gasteiger partial charge in [-0.1, -0.05) is 30.3 Å². The molecule has 1 aromatic heterocycles. The van der Waals surface area contributed by atoms with E-state index in [4.69, 9.17) is 4.42 Å². The Hall–Kier alpha value is -1.58. The maximum absolute atomic E-state index is 5.63. The molecule has 1 aromatic carbocycles. The Morgan fingerprint density at radius 2 is 1.94 bits per heavy atom. The molecule has 0 aliphatic carbocycles. The van der Waals surface area contributed by atoms with Crippen LogP contribution < -0.4 is 5.32 Å². The minimum absolute atomic E-state index is 0.202. The summed E-state index contributed by atoms with van der Waals surface area (Å²) >= 11 is 0. The highest BCUT2D eigenvalue weighted by atomic mass is 16.3. The monoisotopic (exact) mass is 242 g/mol. The first-order valence-electron chi connectivity index (χ1n) is 6.37. The van der Waals surface area contributed by atoms with E-state index in [2.05, 4.69) is 47.6 Å². The van der Waals surface area contributed by atoms with Crippen molar-refractivity contribution in [1.82, 2.24) is 10.2 Å². The molecule has 1 saturated heterocycles. The lowest BCUT2D eigenvalue weighted by Crippen LogP contribution is -2.56. The van der Waals surface area contributed by atoms with Crippen molar-refractivity contribution < 1.29 is 4.42 Å². The maximum Gasteiger partial charge on any atom is 0.125 e. The predicted octanol–water partition coefficient (Wildman–Crippen LogP) is 2.27. The van der Waals surface area contributed by atoms with Crippen molar-refractivity contribution in [3.8, 4) is 0 Å². The van der Waals surface area contributed by atoms with E-state index in [1.54, 1.807) is 6.26 Å². The lowest BCUT2D eigenvalue weighted by atomic mass is 10.00. The third-order valence-corrected chi connectivity index (χ3v) is 3.67. The molecule has 1 aliphatic rings. The molecule has 2 aromatic rings. The summed E-state index contributed by atoms with van der Waals surface area (Å²) in [5.74, 6) is 1.01. The van der Waals surface area contributed by atoms with Gasteiger partial charge in [-0.25, -0.2) is 0 Å². The molecule has 1 N–H and O–H groups in total. The number of rotatable bonds is 4. The average Bonchev–Trinajstić information content (AvgIpc) is 2.82. The maximum atomic E-state index is 5.63. The van der Waals surface area contributed by atoms with Gasteiger partial charge in [0.25, 0.3) is 0 Å². The van der Waals surface area contributed by atoms with Gasteiger partial charge >= 0.3 is 0 Å². The number of furan rings is 1. The van der Waals surface area contributed by atoms with Gasteiger partial charge in [-0.05, 0) is 24.7 Å². The number of hydrogen-bond acceptors (Lipinski definition) is 3. The highest BCUT2D eigenvalue weighted by molar-refractivity contribution is 5.27. The van der Waals surface area contributed by atoms with E-state index in [1.807, 2.05) is 12.1 Å². The molecule has 1 fully saturated rings. The normalized spacial score (nSPS) is 17.7. The third kappa shape index (κ3) is 2.07. The number of benzene rings is 1. The van der Waals surface area contributed by atoms with Crippen LogP contribution in [0.1, 0.15) is 17.4 Å². The average molecular weight is 242 g/mol. The summed E-state index contributed by atoms with van der Waals surface area (Å²) < 4.78 is 5.63. The summed E-state index contributed by atoms with van der Waals surface area (Å²) in [6.45, 7) is 2.11. The molecule has 0 radical (unpaired) electrons.